The number of hydrogen-bond acceptors (Lipinski definition) is 7. The van der Waals surface area contributed by atoms with Crippen LogP contribution in [-0.4, -0.2) is 68.8 Å². The molecule has 0 aliphatic carbocycles. The van der Waals surface area contributed by atoms with Crippen LogP contribution in [0.2, 0.25) is 0 Å². The molecule has 5 nitrogen and oxygen atoms in total. The Kier molecular flexibility index (Phi) is 8.08. The van der Waals surface area contributed by atoms with E-state index in [0.29, 0.717) is 0 Å². The fourth-order valence-electron chi connectivity index (χ4n) is 1.09. The summed E-state index contributed by atoms with van der Waals surface area (Å²) in [5, 5.41) is 12.7. The van der Waals surface area contributed by atoms with Crippen LogP contribution >= 0.6 is 36.2 Å². The van der Waals surface area contributed by atoms with Crippen molar-refractivity contribution in [3.05, 3.63) is 0 Å². The lowest BCUT2D eigenvalue weighted by atomic mass is 10.6. The standard InChI is InChI=1S/C9H19N5S3/c1-13(2)3-4-14-9(10-11-12-14)17-8-7-16-6-5-15/h15H,3-8H2,1-2H3. The van der Waals surface area contributed by atoms with E-state index < -0.39 is 0 Å². The van der Waals surface area contributed by atoms with Crippen LogP contribution in [0.4, 0.5) is 0 Å². The Morgan fingerprint density at radius 3 is 2.82 bits per heavy atom. The number of tetrazole rings is 1. The van der Waals surface area contributed by atoms with Crippen molar-refractivity contribution in [1.82, 2.24) is 25.1 Å². The number of thiol groups is 1. The van der Waals surface area contributed by atoms with Gasteiger partial charge in [-0.1, -0.05) is 11.8 Å². The van der Waals surface area contributed by atoms with Crippen molar-refractivity contribution in [2.75, 3.05) is 43.7 Å². The quantitative estimate of drug-likeness (QED) is 0.416. The zero-order chi connectivity index (χ0) is 12.5. The fourth-order valence-corrected chi connectivity index (χ4v) is 3.17. The van der Waals surface area contributed by atoms with E-state index in [1.807, 2.05) is 30.5 Å². The van der Waals surface area contributed by atoms with Crippen molar-refractivity contribution < 1.29 is 0 Å². The van der Waals surface area contributed by atoms with Crippen molar-refractivity contribution in [3.63, 3.8) is 0 Å². The molecule has 0 N–H and O–H groups in total. The third kappa shape index (κ3) is 6.54. The van der Waals surface area contributed by atoms with Crippen molar-refractivity contribution in [1.29, 1.82) is 0 Å². The van der Waals surface area contributed by atoms with Crippen molar-refractivity contribution >= 4 is 36.2 Å². The highest BCUT2D eigenvalue weighted by molar-refractivity contribution is 8.03. The van der Waals surface area contributed by atoms with Crippen molar-refractivity contribution in [3.8, 4) is 0 Å². The zero-order valence-corrected chi connectivity index (χ0v) is 12.8. The predicted molar refractivity (Wildman–Crippen MR) is 78.3 cm³/mol. The highest BCUT2D eigenvalue weighted by atomic mass is 32.2. The first-order chi connectivity index (χ1) is 8.24. The van der Waals surface area contributed by atoms with Gasteiger partial charge in [-0.05, 0) is 30.3 Å². The second kappa shape index (κ2) is 9.07. The van der Waals surface area contributed by atoms with Crippen molar-refractivity contribution in [2.24, 2.45) is 0 Å². The molecule has 8 heteroatoms. The molecule has 1 heterocycles. The van der Waals surface area contributed by atoms with E-state index in [1.54, 1.807) is 11.8 Å². The molecule has 0 saturated heterocycles. The molecule has 0 aromatic carbocycles. The minimum Gasteiger partial charge on any atom is -0.308 e. The number of hydrogen-bond donors (Lipinski definition) is 1. The van der Waals surface area contributed by atoms with Gasteiger partial charge in [0.05, 0.1) is 6.54 Å². The van der Waals surface area contributed by atoms with Crippen LogP contribution in [0.15, 0.2) is 5.16 Å². The summed E-state index contributed by atoms with van der Waals surface area (Å²) in [4.78, 5) is 2.12. The first kappa shape index (κ1) is 15.1. The molecule has 0 bridgehead atoms. The molecule has 1 aromatic rings. The Labute approximate surface area is 116 Å². The van der Waals surface area contributed by atoms with Crippen LogP contribution in [0.5, 0.6) is 0 Å². The first-order valence-corrected chi connectivity index (χ1v) is 8.23. The maximum atomic E-state index is 4.18. The minimum absolute atomic E-state index is 0.839. The summed E-state index contributed by atoms with van der Waals surface area (Å²) in [5.74, 6) is 4.21. The van der Waals surface area contributed by atoms with Gasteiger partial charge in [0, 0.05) is 23.8 Å². The molecule has 1 rings (SSSR count). The number of thioether (sulfide) groups is 2. The summed E-state index contributed by atoms with van der Waals surface area (Å²) in [7, 11) is 4.09. The van der Waals surface area contributed by atoms with E-state index >= 15 is 0 Å². The zero-order valence-electron chi connectivity index (χ0n) is 10.2. The molecule has 0 atom stereocenters. The maximum Gasteiger partial charge on any atom is 0.209 e. The summed E-state index contributed by atoms with van der Waals surface area (Å²) in [6, 6.07) is 0. The lowest BCUT2D eigenvalue weighted by Crippen LogP contribution is -2.19. The second-order valence-corrected chi connectivity index (χ2v) is 6.41. The van der Waals surface area contributed by atoms with E-state index in [9.17, 15) is 0 Å². The van der Waals surface area contributed by atoms with Gasteiger partial charge in [-0.3, -0.25) is 0 Å². The van der Waals surface area contributed by atoms with Gasteiger partial charge in [-0.25, -0.2) is 4.68 Å². The first-order valence-electron chi connectivity index (χ1n) is 5.46. The van der Waals surface area contributed by atoms with Crippen LogP contribution in [0.25, 0.3) is 0 Å². The largest absolute Gasteiger partial charge is 0.308 e. The normalized spacial score (nSPS) is 11.3. The van der Waals surface area contributed by atoms with E-state index in [2.05, 4.69) is 33.1 Å². The Balaban J connectivity index is 2.25. The molecule has 0 amide bonds. The molecular weight excluding hydrogens is 274 g/mol. The molecule has 0 radical (unpaired) electrons. The molecule has 0 spiro atoms. The van der Waals surface area contributed by atoms with Gasteiger partial charge in [0.1, 0.15) is 0 Å². The van der Waals surface area contributed by atoms with E-state index in [4.69, 9.17) is 0 Å². The molecule has 0 fully saturated rings. The lowest BCUT2D eigenvalue weighted by molar-refractivity contribution is 0.361. The summed E-state index contributed by atoms with van der Waals surface area (Å²) in [5.41, 5.74) is 0. The minimum atomic E-state index is 0.839. The van der Waals surface area contributed by atoms with Gasteiger partial charge in [0.25, 0.3) is 0 Å². The maximum absolute atomic E-state index is 4.18. The van der Waals surface area contributed by atoms with Crippen molar-refractivity contribution in [2.45, 2.75) is 11.7 Å². The molecule has 0 aliphatic rings. The van der Waals surface area contributed by atoms with Crippen LogP contribution in [0.3, 0.4) is 0 Å². The van der Waals surface area contributed by atoms with E-state index in [1.165, 1.54) is 0 Å². The summed E-state index contributed by atoms with van der Waals surface area (Å²) in [6.07, 6.45) is 0. The molecule has 0 unspecified atom stereocenters. The molecule has 17 heavy (non-hydrogen) atoms. The molecular formula is C9H19N5S3. The highest BCUT2D eigenvalue weighted by Crippen LogP contribution is 2.15. The average Bonchev–Trinajstić information content (AvgIpc) is 2.73. The summed E-state index contributed by atoms with van der Waals surface area (Å²) in [6.45, 7) is 1.79. The second-order valence-electron chi connectivity index (χ2n) is 3.67. The topological polar surface area (TPSA) is 46.8 Å². The van der Waals surface area contributed by atoms with Gasteiger partial charge < -0.3 is 4.90 Å². The van der Waals surface area contributed by atoms with E-state index in [0.717, 1.165) is 41.3 Å². The monoisotopic (exact) mass is 293 g/mol. The molecule has 0 aliphatic heterocycles. The number of likely N-dealkylation sites (N-methyl/N-ethyl adjacent to an activating group) is 1. The molecule has 0 saturated carbocycles. The van der Waals surface area contributed by atoms with Gasteiger partial charge in [0.2, 0.25) is 5.16 Å². The lowest BCUT2D eigenvalue weighted by Gasteiger charge is -2.09. The summed E-state index contributed by atoms with van der Waals surface area (Å²) < 4.78 is 1.87. The van der Waals surface area contributed by atoms with Gasteiger partial charge in [-0.2, -0.15) is 24.4 Å². The van der Waals surface area contributed by atoms with E-state index in [-0.39, 0.29) is 0 Å². The Morgan fingerprint density at radius 2 is 2.12 bits per heavy atom. The number of nitrogens with zero attached hydrogens (tertiary/aromatic N) is 5. The molecule has 1 aromatic heterocycles. The Morgan fingerprint density at radius 1 is 1.29 bits per heavy atom. The van der Waals surface area contributed by atoms with Gasteiger partial charge in [-0.15, -0.1) is 5.10 Å². The Bertz CT molecular complexity index is 305. The van der Waals surface area contributed by atoms with Gasteiger partial charge >= 0.3 is 0 Å². The SMILES string of the molecule is CN(C)CCn1nnnc1SCCSCCS. The Hall–Kier alpha value is 0.0800. The highest BCUT2D eigenvalue weighted by Gasteiger charge is 2.06. The fraction of sp³-hybridized carbons (Fsp3) is 0.889. The average molecular weight is 293 g/mol. The third-order valence-electron chi connectivity index (χ3n) is 1.95. The van der Waals surface area contributed by atoms with Crippen LogP contribution in [0, 0.1) is 0 Å². The third-order valence-corrected chi connectivity index (χ3v) is 4.68. The predicted octanol–water partition coefficient (Wildman–Crippen LogP) is 0.990. The van der Waals surface area contributed by atoms with Crippen LogP contribution < -0.4 is 0 Å². The smallest absolute Gasteiger partial charge is 0.209 e. The number of aromatic nitrogens is 4. The summed E-state index contributed by atoms with van der Waals surface area (Å²) >= 11 is 7.81. The van der Waals surface area contributed by atoms with Gasteiger partial charge in [0.15, 0.2) is 0 Å². The number of rotatable bonds is 9. The van der Waals surface area contributed by atoms with Crippen LogP contribution in [-0.2, 0) is 6.54 Å². The molecule has 98 valence electrons. The van der Waals surface area contributed by atoms with Crippen LogP contribution in [0.1, 0.15) is 0 Å².